The molecule has 1 atom stereocenters. The maximum Gasteiger partial charge on any atom is 0.242 e. The van der Waals surface area contributed by atoms with E-state index in [1.807, 2.05) is 38.1 Å². The minimum Gasteiger partial charge on any atom is -0.346 e. The number of likely N-dealkylation sites (N-methyl/N-ethyl adjacent to an activating group) is 1. The first-order chi connectivity index (χ1) is 9.81. The lowest BCUT2D eigenvalue weighted by Crippen LogP contribution is -2.47. The highest BCUT2D eigenvalue weighted by molar-refractivity contribution is 9.10. The molecule has 1 aromatic rings. The van der Waals surface area contributed by atoms with Crippen molar-refractivity contribution in [2.24, 2.45) is 11.7 Å². The van der Waals surface area contributed by atoms with Crippen LogP contribution in [0.5, 0.6) is 0 Å². The van der Waals surface area contributed by atoms with Gasteiger partial charge in [-0.1, -0.05) is 41.9 Å². The van der Waals surface area contributed by atoms with Gasteiger partial charge in [-0.2, -0.15) is 0 Å². The summed E-state index contributed by atoms with van der Waals surface area (Å²) in [5, 5.41) is 2.58. The quantitative estimate of drug-likeness (QED) is 0.811. The van der Waals surface area contributed by atoms with Crippen LogP contribution in [0.3, 0.4) is 0 Å². The molecule has 3 N–H and O–H groups in total. The molecule has 0 saturated heterocycles. The number of carbonyl (C=O) groups is 2. The van der Waals surface area contributed by atoms with Crippen molar-refractivity contribution in [3.63, 3.8) is 0 Å². The molecule has 116 valence electrons. The lowest BCUT2D eigenvalue weighted by Gasteiger charge is -2.19. The molecule has 0 radical (unpaired) electrons. The molecule has 0 saturated carbocycles. The third-order valence-corrected chi connectivity index (χ3v) is 3.66. The Labute approximate surface area is 134 Å². The fourth-order valence-electron chi connectivity index (χ4n) is 1.72. The normalized spacial score (nSPS) is 12.1. The van der Waals surface area contributed by atoms with Gasteiger partial charge in [0.1, 0.15) is 0 Å². The van der Waals surface area contributed by atoms with E-state index in [9.17, 15) is 9.59 Å². The summed E-state index contributed by atoms with van der Waals surface area (Å²) in [7, 11) is 1.71. The van der Waals surface area contributed by atoms with Gasteiger partial charge in [-0.05, 0) is 23.6 Å². The van der Waals surface area contributed by atoms with Crippen LogP contribution >= 0.6 is 15.9 Å². The topological polar surface area (TPSA) is 75.4 Å². The van der Waals surface area contributed by atoms with Gasteiger partial charge in [0.2, 0.25) is 11.8 Å². The van der Waals surface area contributed by atoms with Gasteiger partial charge < -0.3 is 16.0 Å². The molecule has 2 amide bonds. The van der Waals surface area contributed by atoms with Crippen molar-refractivity contribution in [2.45, 2.75) is 26.4 Å². The number of nitrogens with one attached hydrogen (secondary N) is 1. The van der Waals surface area contributed by atoms with E-state index in [2.05, 4.69) is 21.2 Å². The van der Waals surface area contributed by atoms with Gasteiger partial charge in [0.15, 0.2) is 0 Å². The van der Waals surface area contributed by atoms with E-state index < -0.39 is 6.04 Å². The minimum absolute atomic E-state index is 0.0379. The first kappa shape index (κ1) is 17.7. The fourth-order valence-corrected chi connectivity index (χ4v) is 2.16. The zero-order chi connectivity index (χ0) is 16.0. The Bertz CT molecular complexity index is 505. The third kappa shape index (κ3) is 5.85. The third-order valence-electron chi connectivity index (χ3n) is 3.17. The molecule has 0 spiro atoms. The average Bonchev–Trinajstić information content (AvgIpc) is 2.43. The van der Waals surface area contributed by atoms with Crippen molar-refractivity contribution >= 4 is 27.7 Å². The lowest BCUT2D eigenvalue weighted by atomic mass is 10.1. The molecule has 0 aromatic heterocycles. The van der Waals surface area contributed by atoms with Crippen LogP contribution in [0.4, 0.5) is 0 Å². The largest absolute Gasteiger partial charge is 0.346 e. The standard InChI is InChI=1S/C15H22BrN3O2/c1-10(2)14(17)15(21)18-8-13(20)19(3)9-11-5-4-6-12(16)7-11/h4-7,10,14H,8-9,17H2,1-3H3,(H,18,21)/t14-/m0/s1. The molecule has 0 heterocycles. The van der Waals surface area contributed by atoms with Crippen LogP contribution in [-0.2, 0) is 16.1 Å². The SMILES string of the molecule is CC(C)[C@H](N)C(=O)NCC(=O)N(C)Cc1cccc(Br)c1. The lowest BCUT2D eigenvalue weighted by molar-refractivity contribution is -0.132. The van der Waals surface area contributed by atoms with Crippen LogP contribution in [-0.4, -0.2) is 36.3 Å². The van der Waals surface area contributed by atoms with Crippen molar-refractivity contribution in [2.75, 3.05) is 13.6 Å². The van der Waals surface area contributed by atoms with E-state index >= 15 is 0 Å². The second-order valence-corrected chi connectivity index (χ2v) is 6.28. The zero-order valence-corrected chi connectivity index (χ0v) is 14.2. The molecule has 5 nitrogen and oxygen atoms in total. The van der Waals surface area contributed by atoms with Crippen molar-refractivity contribution < 1.29 is 9.59 Å². The molecule has 0 fully saturated rings. The van der Waals surface area contributed by atoms with E-state index in [1.54, 1.807) is 11.9 Å². The highest BCUT2D eigenvalue weighted by Gasteiger charge is 2.18. The molecule has 0 aliphatic heterocycles. The van der Waals surface area contributed by atoms with E-state index in [1.165, 1.54) is 0 Å². The molecule has 0 bridgehead atoms. The molecule has 0 aliphatic carbocycles. The monoisotopic (exact) mass is 355 g/mol. The molecule has 0 aliphatic rings. The summed E-state index contributed by atoms with van der Waals surface area (Å²) in [6, 6.07) is 7.16. The predicted octanol–water partition coefficient (Wildman–Crippen LogP) is 1.51. The van der Waals surface area contributed by atoms with Gasteiger partial charge in [0.25, 0.3) is 0 Å². The summed E-state index contributed by atoms with van der Waals surface area (Å²) in [4.78, 5) is 25.3. The van der Waals surface area contributed by atoms with Gasteiger partial charge in [0.05, 0.1) is 12.6 Å². The van der Waals surface area contributed by atoms with E-state index in [-0.39, 0.29) is 24.3 Å². The fraction of sp³-hybridized carbons (Fsp3) is 0.467. The molecule has 0 unspecified atom stereocenters. The summed E-state index contributed by atoms with van der Waals surface area (Å²) in [5.74, 6) is -0.409. The average molecular weight is 356 g/mol. The van der Waals surface area contributed by atoms with Crippen LogP contribution in [0, 0.1) is 5.92 Å². The number of hydrogen-bond acceptors (Lipinski definition) is 3. The Hall–Kier alpha value is -1.40. The van der Waals surface area contributed by atoms with Gasteiger partial charge in [-0.25, -0.2) is 0 Å². The minimum atomic E-state index is -0.590. The molecule has 1 rings (SSSR count). The van der Waals surface area contributed by atoms with Gasteiger partial charge in [-0.3, -0.25) is 9.59 Å². The number of amides is 2. The molecule has 1 aromatic carbocycles. The van der Waals surface area contributed by atoms with Crippen molar-refractivity contribution in [1.29, 1.82) is 0 Å². The Morgan fingerprint density at radius 3 is 2.62 bits per heavy atom. The van der Waals surface area contributed by atoms with E-state index in [0.29, 0.717) is 6.54 Å². The zero-order valence-electron chi connectivity index (χ0n) is 12.6. The summed E-state index contributed by atoms with van der Waals surface area (Å²) < 4.78 is 0.969. The molecule has 21 heavy (non-hydrogen) atoms. The van der Waals surface area contributed by atoms with Crippen LogP contribution in [0.1, 0.15) is 19.4 Å². The maximum absolute atomic E-state index is 12.0. The maximum atomic E-state index is 12.0. The van der Waals surface area contributed by atoms with Crippen LogP contribution in [0.25, 0.3) is 0 Å². The predicted molar refractivity (Wildman–Crippen MR) is 86.4 cm³/mol. The van der Waals surface area contributed by atoms with Crippen LogP contribution in [0.2, 0.25) is 0 Å². The number of halogens is 1. The van der Waals surface area contributed by atoms with Crippen molar-refractivity contribution in [3.05, 3.63) is 34.3 Å². The summed E-state index contributed by atoms with van der Waals surface area (Å²) in [6.45, 7) is 4.19. The Morgan fingerprint density at radius 1 is 1.38 bits per heavy atom. The van der Waals surface area contributed by atoms with Crippen molar-refractivity contribution in [3.8, 4) is 0 Å². The number of carbonyl (C=O) groups excluding carboxylic acids is 2. The Balaban J connectivity index is 2.46. The Morgan fingerprint density at radius 2 is 2.05 bits per heavy atom. The van der Waals surface area contributed by atoms with Crippen LogP contribution in [0.15, 0.2) is 28.7 Å². The summed E-state index contributed by atoms with van der Waals surface area (Å²) >= 11 is 3.39. The number of rotatable bonds is 6. The molecule has 6 heteroatoms. The van der Waals surface area contributed by atoms with Gasteiger partial charge in [-0.15, -0.1) is 0 Å². The second-order valence-electron chi connectivity index (χ2n) is 5.37. The van der Waals surface area contributed by atoms with Crippen LogP contribution < -0.4 is 11.1 Å². The number of nitrogens with zero attached hydrogens (tertiary/aromatic N) is 1. The number of hydrogen-bond donors (Lipinski definition) is 2. The number of benzene rings is 1. The smallest absolute Gasteiger partial charge is 0.242 e. The highest BCUT2D eigenvalue weighted by atomic mass is 79.9. The van der Waals surface area contributed by atoms with Gasteiger partial charge in [0, 0.05) is 18.1 Å². The highest BCUT2D eigenvalue weighted by Crippen LogP contribution is 2.12. The number of nitrogens with two attached hydrogens (primary N) is 1. The van der Waals surface area contributed by atoms with E-state index in [4.69, 9.17) is 5.73 Å². The molecular formula is C15H22BrN3O2. The summed E-state index contributed by atoms with van der Waals surface area (Å²) in [5.41, 5.74) is 6.74. The Kier molecular flexibility index (Phi) is 6.84. The van der Waals surface area contributed by atoms with Crippen molar-refractivity contribution in [1.82, 2.24) is 10.2 Å². The van der Waals surface area contributed by atoms with Gasteiger partial charge >= 0.3 is 0 Å². The molecular weight excluding hydrogens is 334 g/mol. The second kappa shape index (κ2) is 8.14. The first-order valence-corrected chi connectivity index (χ1v) is 7.62. The van der Waals surface area contributed by atoms with E-state index in [0.717, 1.165) is 10.0 Å². The summed E-state index contributed by atoms with van der Waals surface area (Å²) in [6.07, 6.45) is 0. The first-order valence-electron chi connectivity index (χ1n) is 6.83.